The van der Waals surface area contributed by atoms with Gasteiger partial charge in [0.25, 0.3) is 5.91 Å². The number of nitrogens with one attached hydrogen (secondary N) is 1. The summed E-state index contributed by atoms with van der Waals surface area (Å²) in [7, 11) is 0. The fourth-order valence-corrected chi connectivity index (χ4v) is 2.48. The van der Waals surface area contributed by atoms with Crippen molar-refractivity contribution in [2.75, 3.05) is 6.61 Å². The van der Waals surface area contributed by atoms with E-state index in [4.69, 9.17) is 9.84 Å². The molecule has 1 heterocycles. The van der Waals surface area contributed by atoms with Gasteiger partial charge in [-0.2, -0.15) is 0 Å². The van der Waals surface area contributed by atoms with E-state index in [9.17, 15) is 4.79 Å². The van der Waals surface area contributed by atoms with E-state index in [0.29, 0.717) is 23.7 Å². The average molecular weight is 277 g/mol. The van der Waals surface area contributed by atoms with Crippen LogP contribution in [0.2, 0.25) is 0 Å². The summed E-state index contributed by atoms with van der Waals surface area (Å²) >= 11 is 0. The number of aliphatic hydroxyl groups is 1. The Hall–Kier alpha value is -1.55. The molecule has 0 spiro atoms. The van der Waals surface area contributed by atoms with E-state index < -0.39 is 5.54 Å². The summed E-state index contributed by atoms with van der Waals surface area (Å²) in [6.07, 6.45) is 0.603. The van der Waals surface area contributed by atoms with Crippen LogP contribution in [0.5, 0.6) is 5.75 Å². The van der Waals surface area contributed by atoms with E-state index in [1.807, 2.05) is 32.9 Å². The molecule has 20 heavy (non-hydrogen) atoms. The predicted molar refractivity (Wildman–Crippen MR) is 78.2 cm³/mol. The molecule has 0 aliphatic carbocycles. The Morgan fingerprint density at radius 1 is 1.40 bits per heavy atom. The smallest absolute Gasteiger partial charge is 0.255 e. The van der Waals surface area contributed by atoms with Crippen LogP contribution in [-0.4, -0.2) is 29.3 Å². The first-order valence-electron chi connectivity index (χ1n) is 7.08. The minimum absolute atomic E-state index is 0.0464. The van der Waals surface area contributed by atoms with Gasteiger partial charge in [-0.25, -0.2) is 0 Å². The van der Waals surface area contributed by atoms with Gasteiger partial charge in [-0.1, -0.05) is 19.1 Å². The Bertz CT molecular complexity index is 510. The standard InChI is InChI=1S/C16H23NO3/c1-10-11(2)20-14-12(10)6-5-7-13(14)15(19)17-16(3,4)8-9-18/h5-7,10-11,18H,8-9H2,1-4H3,(H,17,19). The topological polar surface area (TPSA) is 58.6 Å². The minimum atomic E-state index is -0.440. The van der Waals surface area contributed by atoms with Crippen molar-refractivity contribution in [2.45, 2.75) is 51.7 Å². The number of rotatable bonds is 4. The Kier molecular flexibility index (Phi) is 4.04. The molecular weight excluding hydrogens is 254 g/mol. The van der Waals surface area contributed by atoms with Crippen LogP contribution in [0.1, 0.15) is 56.0 Å². The van der Waals surface area contributed by atoms with Gasteiger partial charge in [0.1, 0.15) is 11.9 Å². The number of hydrogen-bond donors (Lipinski definition) is 2. The Balaban J connectivity index is 2.25. The van der Waals surface area contributed by atoms with Crippen molar-refractivity contribution in [2.24, 2.45) is 0 Å². The minimum Gasteiger partial charge on any atom is -0.489 e. The summed E-state index contributed by atoms with van der Waals surface area (Å²) in [4.78, 5) is 12.4. The zero-order valence-electron chi connectivity index (χ0n) is 12.6. The molecular formula is C16H23NO3. The SMILES string of the molecule is CC1Oc2c(C(=O)NC(C)(C)CCO)cccc2C1C. The van der Waals surface area contributed by atoms with E-state index in [2.05, 4.69) is 12.2 Å². The summed E-state index contributed by atoms with van der Waals surface area (Å²) in [6.45, 7) is 7.97. The maximum absolute atomic E-state index is 12.4. The lowest BCUT2D eigenvalue weighted by molar-refractivity contribution is 0.0894. The molecule has 0 radical (unpaired) electrons. The molecule has 2 atom stereocenters. The third-order valence-corrected chi connectivity index (χ3v) is 3.98. The Morgan fingerprint density at radius 3 is 2.75 bits per heavy atom. The second-order valence-electron chi connectivity index (χ2n) is 6.15. The zero-order chi connectivity index (χ0) is 14.9. The number of para-hydroxylation sites is 1. The first kappa shape index (κ1) is 14.9. The van der Waals surface area contributed by atoms with Gasteiger partial charge < -0.3 is 15.2 Å². The van der Waals surface area contributed by atoms with Crippen LogP contribution in [0.4, 0.5) is 0 Å². The van der Waals surface area contributed by atoms with Crippen molar-refractivity contribution in [3.05, 3.63) is 29.3 Å². The second kappa shape index (κ2) is 5.44. The largest absolute Gasteiger partial charge is 0.489 e. The third kappa shape index (κ3) is 2.80. The lowest BCUT2D eigenvalue weighted by atomic mass is 9.96. The van der Waals surface area contributed by atoms with Gasteiger partial charge in [0, 0.05) is 23.6 Å². The number of amides is 1. The van der Waals surface area contributed by atoms with Crippen LogP contribution in [0.3, 0.4) is 0 Å². The maximum atomic E-state index is 12.4. The molecule has 1 aliphatic heterocycles. The molecule has 2 unspecified atom stereocenters. The van der Waals surface area contributed by atoms with Crippen molar-refractivity contribution in [3.8, 4) is 5.75 Å². The molecule has 0 bridgehead atoms. The summed E-state index contributed by atoms with van der Waals surface area (Å²) in [6, 6.07) is 5.69. The van der Waals surface area contributed by atoms with Crippen molar-refractivity contribution in [3.63, 3.8) is 0 Å². The summed E-state index contributed by atoms with van der Waals surface area (Å²) < 4.78 is 5.84. The monoisotopic (exact) mass is 277 g/mol. The van der Waals surface area contributed by atoms with Crippen molar-refractivity contribution in [1.29, 1.82) is 0 Å². The first-order chi connectivity index (χ1) is 9.35. The second-order valence-corrected chi connectivity index (χ2v) is 6.15. The van der Waals surface area contributed by atoms with Gasteiger partial charge in [-0.05, 0) is 33.3 Å². The van der Waals surface area contributed by atoms with Crippen molar-refractivity contribution in [1.82, 2.24) is 5.32 Å². The molecule has 0 aromatic heterocycles. The highest BCUT2D eigenvalue weighted by atomic mass is 16.5. The molecule has 0 saturated heterocycles. The molecule has 110 valence electrons. The highest BCUT2D eigenvalue weighted by molar-refractivity contribution is 5.98. The van der Waals surface area contributed by atoms with Crippen LogP contribution in [0, 0.1) is 0 Å². The van der Waals surface area contributed by atoms with E-state index in [1.165, 1.54) is 0 Å². The van der Waals surface area contributed by atoms with Crippen LogP contribution in [-0.2, 0) is 0 Å². The van der Waals surface area contributed by atoms with Gasteiger partial charge in [0.05, 0.1) is 5.56 Å². The van der Waals surface area contributed by atoms with Crippen LogP contribution < -0.4 is 10.1 Å². The molecule has 1 aliphatic rings. The molecule has 4 nitrogen and oxygen atoms in total. The fraction of sp³-hybridized carbons (Fsp3) is 0.562. The van der Waals surface area contributed by atoms with Crippen LogP contribution in [0.15, 0.2) is 18.2 Å². The Labute approximate surface area is 120 Å². The highest BCUT2D eigenvalue weighted by Crippen LogP contribution is 2.40. The number of carbonyl (C=O) groups excluding carboxylic acids is 1. The molecule has 0 fully saturated rings. The maximum Gasteiger partial charge on any atom is 0.255 e. The van der Waals surface area contributed by atoms with Crippen molar-refractivity contribution >= 4 is 5.91 Å². The number of carbonyl (C=O) groups is 1. The lowest BCUT2D eigenvalue weighted by Gasteiger charge is -2.25. The van der Waals surface area contributed by atoms with Crippen molar-refractivity contribution < 1.29 is 14.6 Å². The number of benzene rings is 1. The summed E-state index contributed by atoms with van der Waals surface area (Å²) in [5, 5.41) is 12.0. The normalized spacial score (nSPS) is 21.2. The van der Waals surface area contributed by atoms with Crippen LogP contribution in [0.25, 0.3) is 0 Å². The molecule has 2 N–H and O–H groups in total. The summed E-state index contributed by atoms with van der Waals surface area (Å²) in [5.74, 6) is 0.842. The average Bonchev–Trinajstić information content (AvgIpc) is 2.64. The number of aliphatic hydroxyl groups excluding tert-OH is 1. The molecule has 1 aromatic rings. The van der Waals surface area contributed by atoms with Gasteiger partial charge in [0.15, 0.2) is 0 Å². The van der Waals surface area contributed by atoms with Crippen LogP contribution >= 0.6 is 0 Å². The van der Waals surface area contributed by atoms with Gasteiger partial charge in [0.2, 0.25) is 0 Å². The Morgan fingerprint density at radius 2 is 2.10 bits per heavy atom. The molecule has 4 heteroatoms. The number of hydrogen-bond acceptors (Lipinski definition) is 3. The zero-order valence-corrected chi connectivity index (χ0v) is 12.6. The fourth-order valence-electron chi connectivity index (χ4n) is 2.48. The highest BCUT2D eigenvalue weighted by Gasteiger charge is 2.32. The molecule has 2 rings (SSSR count). The lowest BCUT2D eigenvalue weighted by Crippen LogP contribution is -2.44. The number of ether oxygens (including phenoxy) is 1. The quantitative estimate of drug-likeness (QED) is 0.889. The third-order valence-electron chi connectivity index (χ3n) is 3.98. The molecule has 1 aromatic carbocycles. The predicted octanol–water partition coefficient (Wildman–Crippen LogP) is 2.46. The van der Waals surface area contributed by atoms with E-state index in [1.54, 1.807) is 6.07 Å². The molecule has 1 amide bonds. The summed E-state index contributed by atoms with van der Waals surface area (Å²) in [5.41, 5.74) is 1.22. The van der Waals surface area contributed by atoms with Gasteiger partial charge in [-0.3, -0.25) is 4.79 Å². The number of fused-ring (bicyclic) bond motifs is 1. The van der Waals surface area contributed by atoms with E-state index >= 15 is 0 Å². The van der Waals surface area contributed by atoms with Gasteiger partial charge in [-0.15, -0.1) is 0 Å². The van der Waals surface area contributed by atoms with E-state index in [-0.39, 0.29) is 18.6 Å². The first-order valence-corrected chi connectivity index (χ1v) is 7.08. The molecule has 0 saturated carbocycles. The van der Waals surface area contributed by atoms with E-state index in [0.717, 1.165) is 5.56 Å². The van der Waals surface area contributed by atoms with Gasteiger partial charge >= 0.3 is 0 Å².